The van der Waals surface area contributed by atoms with Crippen LogP contribution in [0.2, 0.25) is 0 Å². The Balaban J connectivity index is 1.30. The van der Waals surface area contributed by atoms with Crippen LogP contribution in [-0.4, -0.2) is 78.1 Å². The first-order valence-corrected chi connectivity index (χ1v) is 10.9. The standard InChI is InChI=1S/C22H27N3O4/c26-19-2-1-7-24(19)12-20(27)25-11-16(15-3-4-17-18(10-15)29-13-28-17)22-21(25)14-5-8-23(22)9-6-14/h3-4,10,14,16,21-22H,1-2,5-9,11-13H2/t16-,21+,22+/m0/s1. The van der Waals surface area contributed by atoms with Gasteiger partial charge < -0.3 is 19.3 Å². The van der Waals surface area contributed by atoms with Gasteiger partial charge in [0.1, 0.15) is 0 Å². The van der Waals surface area contributed by atoms with E-state index >= 15 is 0 Å². The summed E-state index contributed by atoms with van der Waals surface area (Å²) in [5, 5.41) is 0. The van der Waals surface area contributed by atoms with Crippen molar-refractivity contribution in [1.82, 2.24) is 14.7 Å². The van der Waals surface area contributed by atoms with Gasteiger partial charge in [0.2, 0.25) is 18.6 Å². The Hall–Kier alpha value is -2.28. The lowest BCUT2D eigenvalue weighted by molar-refractivity contribution is -0.141. The van der Waals surface area contributed by atoms with Crippen molar-refractivity contribution in [3.8, 4) is 11.5 Å². The number of nitrogens with zero attached hydrogens (tertiary/aromatic N) is 3. The fraction of sp³-hybridized carbons (Fsp3) is 0.636. The Morgan fingerprint density at radius 3 is 2.69 bits per heavy atom. The summed E-state index contributed by atoms with van der Waals surface area (Å²) in [6.45, 7) is 4.20. The van der Waals surface area contributed by atoms with Gasteiger partial charge in [-0.3, -0.25) is 14.5 Å². The number of amides is 2. The largest absolute Gasteiger partial charge is 0.454 e. The van der Waals surface area contributed by atoms with Crippen LogP contribution in [-0.2, 0) is 9.59 Å². The molecular formula is C22H27N3O4. The van der Waals surface area contributed by atoms with Crippen molar-refractivity contribution in [2.75, 3.05) is 39.5 Å². The van der Waals surface area contributed by atoms with E-state index in [9.17, 15) is 9.59 Å². The van der Waals surface area contributed by atoms with E-state index < -0.39 is 0 Å². The minimum absolute atomic E-state index is 0.118. The van der Waals surface area contributed by atoms with Crippen molar-refractivity contribution in [2.45, 2.75) is 43.7 Å². The second-order valence-corrected chi connectivity index (χ2v) is 9.04. The number of carbonyl (C=O) groups is 2. The number of benzene rings is 1. The van der Waals surface area contributed by atoms with E-state index in [0.29, 0.717) is 24.9 Å². The van der Waals surface area contributed by atoms with Crippen LogP contribution in [0.15, 0.2) is 18.2 Å². The van der Waals surface area contributed by atoms with Crippen molar-refractivity contribution in [3.63, 3.8) is 0 Å². The number of fused-ring (bicyclic) bond motifs is 3. The van der Waals surface area contributed by atoms with Crippen molar-refractivity contribution < 1.29 is 19.1 Å². The van der Waals surface area contributed by atoms with Crippen LogP contribution < -0.4 is 9.47 Å². The van der Waals surface area contributed by atoms with Crippen LogP contribution in [0.3, 0.4) is 0 Å². The molecule has 0 aromatic heterocycles. The van der Waals surface area contributed by atoms with Crippen LogP contribution in [0.5, 0.6) is 11.5 Å². The fourth-order valence-corrected chi connectivity index (χ4v) is 6.27. The Labute approximate surface area is 170 Å². The summed E-state index contributed by atoms with van der Waals surface area (Å²) in [5.41, 5.74) is 1.23. The van der Waals surface area contributed by atoms with Crippen molar-refractivity contribution in [3.05, 3.63) is 23.8 Å². The van der Waals surface area contributed by atoms with E-state index in [1.807, 2.05) is 6.07 Å². The van der Waals surface area contributed by atoms with E-state index in [-0.39, 0.29) is 37.1 Å². The SMILES string of the molecule is O=C1CCCN1CC(=O)N1C[C@@H](c2ccc3c(c2)OCO3)[C@@H]2[C@H]1C1CCN2CC1. The quantitative estimate of drug-likeness (QED) is 0.772. The molecule has 0 aliphatic carbocycles. The maximum Gasteiger partial charge on any atom is 0.242 e. The van der Waals surface area contributed by atoms with E-state index in [4.69, 9.17) is 9.47 Å². The van der Waals surface area contributed by atoms with Crippen molar-refractivity contribution >= 4 is 11.8 Å². The number of carbonyl (C=O) groups excluding carboxylic acids is 2. The molecule has 0 spiro atoms. The van der Waals surface area contributed by atoms with Crippen molar-refractivity contribution in [2.24, 2.45) is 5.92 Å². The van der Waals surface area contributed by atoms with Gasteiger partial charge in [-0.15, -0.1) is 0 Å². The molecular weight excluding hydrogens is 370 g/mol. The van der Waals surface area contributed by atoms with Gasteiger partial charge in [0, 0.05) is 31.5 Å². The van der Waals surface area contributed by atoms with Gasteiger partial charge in [0.05, 0.1) is 12.6 Å². The third-order valence-corrected chi connectivity index (χ3v) is 7.64. The Morgan fingerprint density at radius 1 is 1.07 bits per heavy atom. The van der Waals surface area contributed by atoms with Gasteiger partial charge in [-0.1, -0.05) is 6.07 Å². The average molecular weight is 397 g/mol. The second-order valence-electron chi connectivity index (χ2n) is 9.04. The molecule has 7 heteroatoms. The molecule has 6 heterocycles. The van der Waals surface area contributed by atoms with Gasteiger partial charge >= 0.3 is 0 Å². The zero-order chi connectivity index (χ0) is 19.5. The summed E-state index contributed by atoms with van der Waals surface area (Å²) in [4.78, 5) is 31.8. The zero-order valence-corrected chi connectivity index (χ0v) is 16.6. The molecule has 7 nitrogen and oxygen atoms in total. The molecule has 2 amide bonds. The van der Waals surface area contributed by atoms with Gasteiger partial charge in [-0.05, 0) is 56.0 Å². The minimum atomic E-state index is 0.118. The van der Waals surface area contributed by atoms with Gasteiger partial charge in [0.25, 0.3) is 0 Å². The van der Waals surface area contributed by atoms with E-state index in [2.05, 4.69) is 21.9 Å². The summed E-state index contributed by atoms with van der Waals surface area (Å²) in [6.07, 6.45) is 3.78. The molecule has 0 N–H and O–H groups in total. The lowest BCUT2D eigenvalue weighted by Crippen LogP contribution is -2.61. The molecule has 1 aromatic rings. The molecule has 29 heavy (non-hydrogen) atoms. The zero-order valence-electron chi connectivity index (χ0n) is 16.6. The topological polar surface area (TPSA) is 62.3 Å². The molecule has 154 valence electrons. The second kappa shape index (κ2) is 6.62. The average Bonchev–Trinajstić information content (AvgIpc) is 3.47. The minimum Gasteiger partial charge on any atom is -0.454 e. The Bertz CT molecular complexity index is 850. The molecule has 6 aliphatic heterocycles. The third-order valence-electron chi connectivity index (χ3n) is 7.64. The summed E-state index contributed by atoms with van der Waals surface area (Å²) in [6, 6.07) is 6.86. The monoisotopic (exact) mass is 397 g/mol. The number of rotatable bonds is 3. The van der Waals surface area contributed by atoms with Gasteiger partial charge in [-0.2, -0.15) is 0 Å². The summed E-state index contributed by atoms with van der Waals surface area (Å²) >= 11 is 0. The first kappa shape index (κ1) is 17.6. The smallest absolute Gasteiger partial charge is 0.242 e. The van der Waals surface area contributed by atoms with Gasteiger partial charge in [-0.25, -0.2) is 0 Å². The molecule has 6 aliphatic rings. The molecule has 5 saturated heterocycles. The first-order valence-electron chi connectivity index (χ1n) is 10.9. The maximum absolute atomic E-state index is 13.3. The number of piperidine rings is 3. The molecule has 3 atom stereocenters. The summed E-state index contributed by atoms with van der Waals surface area (Å²) < 4.78 is 11.1. The van der Waals surface area contributed by atoms with E-state index in [1.54, 1.807) is 4.90 Å². The van der Waals surface area contributed by atoms with Crippen LogP contribution in [0.25, 0.3) is 0 Å². The van der Waals surface area contributed by atoms with E-state index in [1.165, 1.54) is 18.4 Å². The van der Waals surface area contributed by atoms with E-state index in [0.717, 1.165) is 37.6 Å². The molecule has 5 fully saturated rings. The number of hydrogen-bond acceptors (Lipinski definition) is 5. The predicted octanol–water partition coefficient (Wildman–Crippen LogP) is 1.43. The predicted molar refractivity (Wildman–Crippen MR) is 105 cm³/mol. The normalized spacial score (nSPS) is 34.8. The van der Waals surface area contributed by atoms with Crippen LogP contribution in [0.4, 0.5) is 0 Å². The van der Waals surface area contributed by atoms with Crippen LogP contribution in [0.1, 0.15) is 37.2 Å². The lowest BCUT2D eigenvalue weighted by Gasteiger charge is -2.51. The number of likely N-dealkylation sites (tertiary alicyclic amines) is 2. The number of hydrogen-bond donors (Lipinski definition) is 0. The third kappa shape index (κ3) is 2.74. The lowest BCUT2D eigenvalue weighted by atomic mass is 9.75. The molecule has 0 radical (unpaired) electrons. The van der Waals surface area contributed by atoms with Gasteiger partial charge in [0.15, 0.2) is 11.5 Å². The molecule has 0 unspecified atom stereocenters. The molecule has 0 saturated carbocycles. The first-order chi connectivity index (χ1) is 14.2. The Morgan fingerprint density at radius 2 is 1.90 bits per heavy atom. The highest BCUT2D eigenvalue weighted by molar-refractivity contribution is 5.86. The molecule has 7 rings (SSSR count). The van der Waals surface area contributed by atoms with Crippen molar-refractivity contribution in [1.29, 1.82) is 0 Å². The summed E-state index contributed by atoms with van der Waals surface area (Å²) in [7, 11) is 0. The number of ether oxygens (including phenoxy) is 2. The van der Waals surface area contributed by atoms with Crippen LogP contribution >= 0.6 is 0 Å². The highest BCUT2D eigenvalue weighted by Crippen LogP contribution is 2.48. The fourth-order valence-electron chi connectivity index (χ4n) is 6.27. The summed E-state index contributed by atoms with van der Waals surface area (Å²) in [5.74, 6) is 2.69. The highest BCUT2D eigenvalue weighted by Gasteiger charge is 2.54. The Kier molecular flexibility index (Phi) is 4.01. The maximum atomic E-state index is 13.3. The molecule has 2 bridgehead atoms. The molecule has 1 aromatic carbocycles. The van der Waals surface area contributed by atoms with Crippen LogP contribution in [0, 0.1) is 5.92 Å². The highest BCUT2D eigenvalue weighted by atomic mass is 16.7.